The van der Waals surface area contributed by atoms with Crippen LogP contribution in [0.1, 0.15) is 10.5 Å². The standard InChI is InChI=1S/C12H8N2O3/c15-12(16)11-10(7-5-13-17-6-7)8-3-1-2-4-9(8)14-11/h1-6,14H,(H,15,16). The highest BCUT2D eigenvalue weighted by molar-refractivity contribution is 6.07. The number of fused-ring (bicyclic) bond motifs is 1. The Kier molecular flexibility index (Phi) is 1.98. The first-order valence-electron chi connectivity index (χ1n) is 5.01. The second-order valence-electron chi connectivity index (χ2n) is 3.64. The predicted molar refractivity (Wildman–Crippen MR) is 60.8 cm³/mol. The first kappa shape index (κ1) is 9.65. The maximum Gasteiger partial charge on any atom is 0.352 e. The number of carbonyl (C=O) groups is 1. The molecule has 0 saturated carbocycles. The number of aromatic carboxylic acids is 1. The third kappa shape index (κ3) is 1.40. The summed E-state index contributed by atoms with van der Waals surface area (Å²) in [6.45, 7) is 0. The molecule has 0 aliphatic heterocycles. The minimum atomic E-state index is -1.00. The quantitative estimate of drug-likeness (QED) is 0.706. The molecule has 0 fully saturated rings. The van der Waals surface area contributed by atoms with Crippen LogP contribution in [0, 0.1) is 0 Å². The van der Waals surface area contributed by atoms with Crippen molar-refractivity contribution in [3.05, 3.63) is 42.4 Å². The minimum absolute atomic E-state index is 0.148. The van der Waals surface area contributed by atoms with Gasteiger partial charge in [-0.1, -0.05) is 23.4 Å². The first-order valence-corrected chi connectivity index (χ1v) is 5.01. The number of aromatic amines is 1. The van der Waals surface area contributed by atoms with E-state index >= 15 is 0 Å². The highest BCUT2D eigenvalue weighted by Gasteiger charge is 2.19. The van der Waals surface area contributed by atoms with Gasteiger partial charge in [0, 0.05) is 22.0 Å². The van der Waals surface area contributed by atoms with Gasteiger partial charge < -0.3 is 14.6 Å². The van der Waals surface area contributed by atoms with Crippen LogP contribution in [-0.2, 0) is 0 Å². The van der Waals surface area contributed by atoms with Crippen LogP contribution in [0.25, 0.3) is 22.0 Å². The highest BCUT2D eigenvalue weighted by atomic mass is 16.5. The lowest BCUT2D eigenvalue weighted by atomic mass is 10.1. The largest absolute Gasteiger partial charge is 0.477 e. The van der Waals surface area contributed by atoms with Gasteiger partial charge in [-0.25, -0.2) is 4.79 Å². The molecular weight excluding hydrogens is 220 g/mol. The molecule has 3 rings (SSSR count). The van der Waals surface area contributed by atoms with Gasteiger partial charge in [0.05, 0.1) is 6.20 Å². The van der Waals surface area contributed by atoms with Crippen molar-refractivity contribution >= 4 is 16.9 Å². The smallest absolute Gasteiger partial charge is 0.352 e. The molecule has 5 nitrogen and oxygen atoms in total. The number of nitrogens with zero attached hydrogens (tertiary/aromatic N) is 1. The number of para-hydroxylation sites is 1. The van der Waals surface area contributed by atoms with Crippen LogP contribution in [0.2, 0.25) is 0 Å². The Hall–Kier alpha value is -2.56. The van der Waals surface area contributed by atoms with E-state index in [4.69, 9.17) is 4.52 Å². The van der Waals surface area contributed by atoms with Crippen molar-refractivity contribution in [2.45, 2.75) is 0 Å². The normalized spacial score (nSPS) is 10.8. The van der Waals surface area contributed by atoms with E-state index in [1.165, 1.54) is 12.5 Å². The van der Waals surface area contributed by atoms with E-state index in [2.05, 4.69) is 10.1 Å². The van der Waals surface area contributed by atoms with Gasteiger partial charge in [-0.2, -0.15) is 0 Å². The van der Waals surface area contributed by atoms with Crippen molar-refractivity contribution in [3.8, 4) is 11.1 Å². The van der Waals surface area contributed by atoms with Crippen LogP contribution >= 0.6 is 0 Å². The van der Waals surface area contributed by atoms with Gasteiger partial charge in [-0.15, -0.1) is 0 Å². The summed E-state index contributed by atoms with van der Waals surface area (Å²) in [6, 6.07) is 7.40. The van der Waals surface area contributed by atoms with Crippen LogP contribution in [0.5, 0.6) is 0 Å². The van der Waals surface area contributed by atoms with Crippen molar-refractivity contribution in [3.63, 3.8) is 0 Å². The lowest BCUT2D eigenvalue weighted by Gasteiger charge is -1.95. The topological polar surface area (TPSA) is 79.1 Å². The molecule has 0 amide bonds. The van der Waals surface area contributed by atoms with Gasteiger partial charge in [0.25, 0.3) is 0 Å². The third-order valence-corrected chi connectivity index (χ3v) is 2.64. The Morgan fingerprint density at radius 1 is 1.35 bits per heavy atom. The molecule has 0 radical (unpaired) electrons. The van der Waals surface area contributed by atoms with E-state index in [1.807, 2.05) is 24.3 Å². The molecule has 2 aromatic heterocycles. The molecule has 17 heavy (non-hydrogen) atoms. The number of H-pyrrole nitrogens is 1. The molecule has 1 aromatic carbocycles. The molecule has 84 valence electrons. The summed E-state index contributed by atoms with van der Waals surface area (Å²) in [7, 11) is 0. The van der Waals surface area contributed by atoms with E-state index in [-0.39, 0.29) is 5.69 Å². The Bertz CT molecular complexity index is 683. The van der Waals surface area contributed by atoms with E-state index in [9.17, 15) is 9.90 Å². The summed E-state index contributed by atoms with van der Waals surface area (Å²) in [6.07, 6.45) is 2.93. The van der Waals surface area contributed by atoms with Crippen molar-refractivity contribution in [2.24, 2.45) is 0 Å². The number of benzene rings is 1. The molecule has 0 unspecified atom stereocenters. The van der Waals surface area contributed by atoms with Crippen molar-refractivity contribution in [1.82, 2.24) is 10.1 Å². The molecule has 0 bridgehead atoms. The molecule has 5 heteroatoms. The van der Waals surface area contributed by atoms with Gasteiger partial charge in [-0.3, -0.25) is 0 Å². The van der Waals surface area contributed by atoms with Crippen LogP contribution in [0.3, 0.4) is 0 Å². The fraction of sp³-hybridized carbons (Fsp3) is 0. The van der Waals surface area contributed by atoms with Crippen LogP contribution in [0.15, 0.2) is 41.2 Å². The number of rotatable bonds is 2. The Morgan fingerprint density at radius 3 is 2.88 bits per heavy atom. The van der Waals surface area contributed by atoms with Gasteiger partial charge in [-0.05, 0) is 6.07 Å². The second-order valence-corrected chi connectivity index (χ2v) is 3.64. The number of carboxylic acids is 1. The van der Waals surface area contributed by atoms with E-state index in [0.717, 1.165) is 10.9 Å². The summed E-state index contributed by atoms with van der Waals surface area (Å²) < 4.78 is 4.77. The molecule has 3 aromatic rings. The Morgan fingerprint density at radius 2 is 2.18 bits per heavy atom. The second kappa shape index (κ2) is 3.48. The number of nitrogens with one attached hydrogen (secondary N) is 1. The summed E-state index contributed by atoms with van der Waals surface area (Å²) in [4.78, 5) is 14.1. The van der Waals surface area contributed by atoms with Gasteiger partial charge in [0.15, 0.2) is 0 Å². The van der Waals surface area contributed by atoms with Crippen molar-refractivity contribution in [2.75, 3.05) is 0 Å². The van der Waals surface area contributed by atoms with Crippen molar-refractivity contribution < 1.29 is 14.4 Å². The maximum atomic E-state index is 11.2. The molecule has 0 spiro atoms. The summed E-state index contributed by atoms with van der Waals surface area (Å²) in [5.74, 6) is -1.00. The first-order chi connectivity index (χ1) is 8.27. The number of aromatic nitrogens is 2. The fourth-order valence-corrected chi connectivity index (χ4v) is 1.93. The maximum absolute atomic E-state index is 11.2. The lowest BCUT2D eigenvalue weighted by Crippen LogP contribution is -1.98. The van der Waals surface area contributed by atoms with Crippen LogP contribution < -0.4 is 0 Å². The zero-order chi connectivity index (χ0) is 11.8. The molecular formula is C12H8N2O3. The number of hydrogen-bond donors (Lipinski definition) is 2. The fourth-order valence-electron chi connectivity index (χ4n) is 1.93. The highest BCUT2D eigenvalue weighted by Crippen LogP contribution is 2.32. The Balaban J connectivity index is 2.40. The summed E-state index contributed by atoms with van der Waals surface area (Å²) in [5.41, 5.74) is 2.18. The van der Waals surface area contributed by atoms with E-state index < -0.39 is 5.97 Å². The molecule has 2 heterocycles. The van der Waals surface area contributed by atoms with E-state index in [0.29, 0.717) is 11.1 Å². The van der Waals surface area contributed by atoms with Gasteiger partial charge in [0.1, 0.15) is 12.0 Å². The summed E-state index contributed by atoms with van der Waals surface area (Å²) in [5, 5.41) is 13.6. The van der Waals surface area contributed by atoms with Gasteiger partial charge >= 0.3 is 5.97 Å². The molecule has 2 N–H and O–H groups in total. The van der Waals surface area contributed by atoms with Gasteiger partial charge in [0.2, 0.25) is 0 Å². The van der Waals surface area contributed by atoms with Crippen LogP contribution in [0.4, 0.5) is 0 Å². The Labute approximate surface area is 95.7 Å². The predicted octanol–water partition coefficient (Wildman–Crippen LogP) is 2.52. The third-order valence-electron chi connectivity index (χ3n) is 2.64. The molecule has 0 saturated heterocycles. The lowest BCUT2D eigenvalue weighted by molar-refractivity contribution is 0.0692. The molecule has 0 aliphatic carbocycles. The SMILES string of the molecule is O=C(O)c1[nH]c2ccccc2c1-c1cnoc1. The van der Waals surface area contributed by atoms with E-state index in [1.54, 1.807) is 0 Å². The molecule has 0 aliphatic rings. The molecule has 0 atom stereocenters. The zero-order valence-corrected chi connectivity index (χ0v) is 8.68. The average molecular weight is 228 g/mol. The average Bonchev–Trinajstić information content (AvgIpc) is 2.94. The monoisotopic (exact) mass is 228 g/mol. The number of hydrogen-bond acceptors (Lipinski definition) is 3. The zero-order valence-electron chi connectivity index (χ0n) is 8.68. The number of carboxylic acid groups (broad SMARTS) is 1. The van der Waals surface area contributed by atoms with Crippen molar-refractivity contribution in [1.29, 1.82) is 0 Å². The summed E-state index contributed by atoms with van der Waals surface area (Å²) >= 11 is 0. The minimum Gasteiger partial charge on any atom is -0.477 e. The van der Waals surface area contributed by atoms with Crippen LogP contribution in [-0.4, -0.2) is 21.2 Å².